The first-order valence-electron chi connectivity index (χ1n) is 2.35. The molecule has 0 bridgehead atoms. The lowest BCUT2D eigenvalue weighted by molar-refractivity contribution is -0.0264. The van der Waals surface area contributed by atoms with Crippen molar-refractivity contribution in [3.63, 3.8) is 0 Å². The first-order valence-corrected chi connectivity index (χ1v) is 2.35. The quantitative estimate of drug-likeness (QED) is 0.325. The lowest BCUT2D eigenvalue weighted by atomic mass is 10.2. The lowest BCUT2D eigenvalue weighted by Gasteiger charge is -2.17. The first-order chi connectivity index (χ1) is 3.62. The highest BCUT2D eigenvalue weighted by molar-refractivity contribution is 4.66. The number of aliphatic hydroxyl groups excluding tert-OH is 2. The highest BCUT2D eigenvalue weighted by Gasteiger charge is 2.17. The Labute approximate surface area is 47.6 Å². The maximum absolute atomic E-state index is 8.69. The molecule has 0 aliphatic rings. The summed E-state index contributed by atoms with van der Waals surface area (Å²) in [7, 11) is 0. The molecule has 0 spiro atoms. The topological polar surface area (TPSA) is 86.7 Å². The minimum atomic E-state index is -1.60. The maximum Gasteiger partial charge on any atom is 0.139 e. The second-order valence-electron chi connectivity index (χ2n) is 1.74. The molecule has 1 unspecified atom stereocenters. The van der Waals surface area contributed by atoms with Crippen molar-refractivity contribution in [3.8, 4) is 0 Å². The molecule has 0 aromatic rings. The number of rotatable bonds is 3. The van der Waals surface area contributed by atoms with E-state index in [0.29, 0.717) is 0 Å². The van der Waals surface area contributed by atoms with Gasteiger partial charge in [0.2, 0.25) is 0 Å². The van der Waals surface area contributed by atoms with E-state index < -0.39 is 12.3 Å². The van der Waals surface area contributed by atoms with E-state index >= 15 is 0 Å². The summed E-state index contributed by atoms with van der Waals surface area (Å²) in [4.78, 5) is 0. The zero-order valence-corrected chi connectivity index (χ0v) is 4.54. The summed E-state index contributed by atoms with van der Waals surface area (Å²) in [5.41, 5.74) is 3.37. The van der Waals surface area contributed by atoms with Gasteiger partial charge >= 0.3 is 0 Å². The Morgan fingerprint density at radius 2 is 1.88 bits per heavy atom. The molecule has 50 valence electrons. The van der Waals surface area contributed by atoms with Crippen molar-refractivity contribution < 1.29 is 15.3 Å². The molecule has 0 radical (unpaired) electrons. The molecule has 0 aliphatic heterocycles. The van der Waals surface area contributed by atoms with Gasteiger partial charge in [-0.05, 0) is 0 Å². The average Bonchev–Trinajstić information content (AvgIpc) is 1.67. The van der Waals surface area contributed by atoms with Gasteiger partial charge in [0.1, 0.15) is 5.72 Å². The van der Waals surface area contributed by atoms with E-state index in [0.717, 1.165) is 0 Å². The number of nitrogens with two attached hydrogens (primary N) is 1. The number of aliphatic hydroxyl groups is 3. The van der Waals surface area contributed by atoms with Crippen molar-refractivity contribution in [2.24, 2.45) is 5.73 Å². The summed E-state index contributed by atoms with van der Waals surface area (Å²) in [5, 5.41) is 25.1. The van der Waals surface area contributed by atoms with Gasteiger partial charge in [-0.15, -0.1) is 0 Å². The van der Waals surface area contributed by atoms with Crippen LogP contribution in [0.5, 0.6) is 0 Å². The molecule has 0 amide bonds. The molecule has 0 rings (SSSR count). The largest absolute Gasteiger partial charge is 0.396 e. The standard InChI is InChI=1S/C4H11NO3/c5-4(8,3-7)1-2-6/h6-8H,1-3,5H2. The van der Waals surface area contributed by atoms with E-state index in [9.17, 15) is 0 Å². The van der Waals surface area contributed by atoms with Crippen molar-refractivity contribution in [2.45, 2.75) is 12.1 Å². The molecular formula is C4H11NO3. The van der Waals surface area contributed by atoms with Crippen molar-refractivity contribution in [2.75, 3.05) is 13.2 Å². The highest BCUT2D eigenvalue weighted by Crippen LogP contribution is 1.97. The van der Waals surface area contributed by atoms with E-state index in [-0.39, 0.29) is 13.0 Å². The zero-order chi connectivity index (χ0) is 6.62. The van der Waals surface area contributed by atoms with Gasteiger partial charge in [-0.2, -0.15) is 0 Å². The van der Waals surface area contributed by atoms with E-state index in [4.69, 9.17) is 21.1 Å². The second-order valence-corrected chi connectivity index (χ2v) is 1.74. The fourth-order valence-electron chi connectivity index (χ4n) is 0.273. The van der Waals surface area contributed by atoms with Crippen molar-refractivity contribution >= 4 is 0 Å². The fourth-order valence-corrected chi connectivity index (χ4v) is 0.273. The van der Waals surface area contributed by atoms with Crippen LogP contribution < -0.4 is 5.73 Å². The van der Waals surface area contributed by atoms with Crippen LogP contribution in [0.15, 0.2) is 0 Å². The van der Waals surface area contributed by atoms with Gasteiger partial charge in [-0.3, -0.25) is 0 Å². The van der Waals surface area contributed by atoms with Gasteiger partial charge in [-0.1, -0.05) is 0 Å². The summed E-state index contributed by atoms with van der Waals surface area (Å²) >= 11 is 0. The molecule has 0 heterocycles. The summed E-state index contributed by atoms with van der Waals surface area (Å²) < 4.78 is 0. The summed E-state index contributed by atoms with van der Waals surface area (Å²) in [6.45, 7) is -0.735. The third-order valence-electron chi connectivity index (χ3n) is 0.819. The predicted molar refractivity (Wildman–Crippen MR) is 27.9 cm³/mol. The van der Waals surface area contributed by atoms with Gasteiger partial charge in [0.25, 0.3) is 0 Å². The molecule has 0 saturated heterocycles. The first kappa shape index (κ1) is 7.84. The summed E-state index contributed by atoms with van der Waals surface area (Å²) in [6, 6.07) is 0. The Balaban J connectivity index is 3.37. The Morgan fingerprint density at radius 3 is 2.00 bits per heavy atom. The summed E-state index contributed by atoms with van der Waals surface area (Å²) in [5.74, 6) is 0. The Morgan fingerprint density at radius 1 is 1.38 bits per heavy atom. The molecular weight excluding hydrogens is 110 g/mol. The molecule has 0 saturated carbocycles. The van der Waals surface area contributed by atoms with Gasteiger partial charge < -0.3 is 21.1 Å². The maximum atomic E-state index is 8.69. The van der Waals surface area contributed by atoms with Crippen LogP contribution in [-0.2, 0) is 0 Å². The molecule has 1 atom stereocenters. The second kappa shape index (κ2) is 2.99. The SMILES string of the molecule is NC(O)(CO)CCO. The van der Waals surface area contributed by atoms with Gasteiger partial charge in [0.05, 0.1) is 6.61 Å². The summed E-state index contributed by atoms with van der Waals surface area (Å²) in [6.07, 6.45) is 0.00347. The Hall–Kier alpha value is -0.160. The van der Waals surface area contributed by atoms with Crippen LogP contribution >= 0.6 is 0 Å². The average molecular weight is 121 g/mol. The smallest absolute Gasteiger partial charge is 0.139 e. The van der Waals surface area contributed by atoms with E-state index in [1.54, 1.807) is 0 Å². The van der Waals surface area contributed by atoms with E-state index in [1.165, 1.54) is 0 Å². The molecule has 0 aromatic heterocycles. The van der Waals surface area contributed by atoms with Crippen LogP contribution in [0, 0.1) is 0 Å². The van der Waals surface area contributed by atoms with Crippen LogP contribution in [0.2, 0.25) is 0 Å². The highest BCUT2D eigenvalue weighted by atomic mass is 16.3. The van der Waals surface area contributed by atoms with Crippen molar-refractivity contribution in [1.82, 2.24) is 0 Å². The Bertz CT molecular complexity index is 64.3. The minimum Gasteiger partial charge on any atom is -0.396 e. The van der Waals surface area contributed by atoms with Crippen LogP contribution in [0.4, 0.5) is 0 Å². The number of hydrogen-bond acceptors (Lipinski definition) is 4. The lowest BCUT2D eigenvalue weighted by Crippen LogP contribution is -2.44. The molecule has 0 fully saturated rings. The van der Waals surface area contributed by atoms with Crippen molar-refractivity contribution in [3.05, 3.63) is 0 Å². The monoisotopic (exact) mass is 121 g/mol. The minimum absolute atomic E-state index is 0.00347. The molecule has 0 aliphatic carbocycles. The van der Waals surface area contributed by atoms with Crippen LogP contribution in [-0.4, -0.2) is 34.3 Å². The third-order valence-corrected chi connectivity index (χ3v) is 0.819. The molecule has 8 heavy (non-hydrogen) atoms. The fraction of sp³-hybridized carbons (Fsp3) is 1.00. The van der Waals surface area contributed by atoms with Gasteiger partial charge in [0, 0.05) is 13.0 Å². The molecule has 4 nitrogen and oxygen atoms in total. The normalized spacial score (nSPS) is 18.0. The van der Waals surface area contributed by atoms with Gasteiger partial charge in [-0.25, -0.2) is 0 Å². The van der Waals surface area contributed by atoms with Crippen molar-refractivity contribution in [1.29, 1.82) is 0 Å². The zero-order valence-electron chi connectivity index (χ0n) is 4.54. The van der Waals surface area contributed by atoms with E-state index in [1.807, 2.05) is 0 Å². The molecule has 5 N–H and O–H groups in total. The van der Waals surface area contributed by atoms with Crippen LogP contribution in [0.3, 0.4) is 0 Å². The third kappa shape index (κ3) is 2.92. The Kier molecular flexibility index (Phi) is 2.93. The van der Waals surface area contributed by atoms with Crippen LogP contribution in [0.25, 0.3) is 0 Å². The van der Waals surface area contributed by atoms with Gasteiger partial charge in [0.15, 0.2) is 0 Å². The molecule has 0 aromatic carbocycles. The van der Waals surface area contributed by atoms with Crippen LogP contribution in [0.1, 0.15) is 6.42 Å². The molecule has 4 heteroatoms. The number of hydrogen-bond donors (Lipinski definition) is 4. The van der Waals surface area contributed by atoms with E-state index in [2.05, 4.69) is 0 Å². The predicted octanol–water partition coefficient (Wildman–Crippen LogP) is -1.99.